The summed E-state index contributed by atoms with van der Waals surface area (Å²) in [4.78, 5) is 50.1. The summed E-state index contributed by atoms with van der Waals surface area (Å²) in [7, 11) is 0. The first-order valence-electron chi connectivity index (χ1n) is 9.13. The van der Waals surface area contributed by atoms with E-state index in [0.717, 1.165) is 0 Å². The Morgan fingerprint density at radius 3 is 2.67 bits per heavy atom. The van der Waals surface area contributed by atoms with Gasteiger partial charge in [0.25, 0.3) is 5.91 Å². The predicted octanol–water partition coefficient (Wildman–Crippen LogP) is 0.815. The Kier molecular flexibility index (Phi) is 6.52. The smallest absolute Gasteiger partial charge is 0.409 e. The average Bonchev–Trinajstić information content (AvgIpc) is 2.78. The summed E-state index contributed by atoms with van der Waals surface area (Å²) in [5.41, 5.74) is 4.74. The number of nitro groups is 1. The SMILES string of the molecule is CCOC(=O)N1CCN(c2ncnc(NNC(=O)c3cccnc3)c2[N+](=O)[O-])CC1. The Labute approximate surface area is 171 Å². The lowest BCUT2D eigenvalue weighted by atomic mass is 10.3. The van der Waals surface area contributed by atoms with E-state index in [1.165, 1.54) is 23.6 Å². The van der Waals surface area contributed by atoms with E-state index in [-0.39, 0.29) is 29.5 Å². The number of hydrazine groups is 1. The van der Waals surface area contributed by atoms with E-state index >= 15 is 0 Å². The third-order valence-corrected chi connectivity index (χ3v) is 4.31. The van der Waals surface area contributed by atoms with Gasteiger partial charge >= 0.3 is 11.8 Å². The third kappa shape index (κ3) is 4.68. The number of amides is 2. The number of pyridine rings is 1. The summed E-state index contributed by atoms with van der Waals surface area (Å²) in [6.45, 7) is 3.33. The number of ether oxygens (including phenoxy) is 1. The number of rotatable bonds is 6. The average molecular weight is 416 g/mol. The lowest BCUT2D eigenvalue weighted by Gasteiger charge is -2.34. The molecule has 3 heterocycles. The topological polar surface area (TPSA) is 156 Å². The van der Waals surface area contributed by atoms with E-state index in [4.69, 9.17) is 4.74 Å². The first-order valence-corrected chi connectivity index (χ1v) is 9.13. The lowest BCUT2D eigenvalue weighted by molar-refractivity contribution is -0.383. The minimum absolute atomic E-state index is 0.0941. The second kappa shape index (κ2) is 9.45. The van der Waals surface area contributed by atoms with Crippen LogP contribution in [0.2, 0.25) is 0 Å². The van der Waals surface area contributed by atoms with Crippen molar-refractivity contribution in [3.8, 4) is 0 Å². The highest BCUT2D eigenvalue weighted by atomic mass is 16.6. The van der Waals surface area contributed by atoms with Crippen molar-refractivity contribution in [1.82, 2.24) is 25.3 Å². The van der Waals surface area contributed by atoms with Gasteiger partial charge in [0.1, 0.15) is 6.33 Å². The van der Waals surface area contributed by atoms with Crippen LogP contribution in [0.5, 0.6) is 0 Å². The van der Waals surface area contributed by atoms with E-state index < -0.39 is 16.9 Å². The van der Waals surface area contributed by atoms with E-state index in [1.54, 1.807) is 24.0 Å². The second-order valence-corrected chi connectivity index (χ2v) is 6.15. The number of aromatic nitrogens is 3. The third-order valence-electron chi connectivity index (χ3n) is 4.31. The molecule has 0 bridgehead atoms. The molecule has 2 N–H and O–H groups in total. The Hall–Kier alpha value is -4.03. The summed E-state index contributed by atoms with van der Waals surface area (Å²) in [6.07, 6.45) is 3.63. The highest BCUT2D eigenvalue weighted by Crippen LogP contribution is 2.31. The molecule has 0 atom stereocenters. The molecular weight excluding hydrogens is 396 g/mol. The van der Waals surface area contributed by atoms with Crippen LogP contribution in [0.3, 0.4) is 0 Å². The normalized spacial score (nSPS) is 13.5. The van der Waals surface area contributed by atoms with Crippen molar-refractivity contribution in [3.63, 3.8) is 0 Å². The van der Waals surface area contributed by atoms with Gasteiger partial charge in [0.2, 0.25) is 11.6 Å². The molecule has 13 nitrogen and oxygen atoms in total. The Bertz CT molecular complexity index is 918. The van der Waals surface area contributed by atoms with Gasteiger partial charge in [-0.25, -0.2) is 14.8 Å². The predicted molar refractivity (Wildman–Crippen MR) is 105 cm³/mol. The number of carbonyl (C=O) groups is 2. The maximum atomic E-state index is 12.2. The van der Waals surface area contributed by atoms with Gasteiger partial charge in [-0.1, -0.05) is 0 Å². The first kappa shape index (κ1) is 20.7. The van der Waals surface area contributed by atoms with Crippen molar-refractivity contribution < 1.29 is 19.2 Å². The lowest BCUT2D eigenvalue weighted by Crippen LogP contribution is -2.49. The maximum absolute atomic E-state index is 12.2. The van der Waals surface area contributed by atoms with Crippen LogP contribution < -0.4 is 15.8 Å². The zero-order valence-corrected chi connectivity index (χ0v) is 16.1. The molecule has 2 aromatic heterocycles. The Morgan fingerprint density at radius 1 is 1.27 bits per heavy atom. The molecule has 0 unspecified atom stereocenters. The van der Waals surface area contributed by atoms with Crippen molar-refractivity contribution in [1.29, 1.82) is 0 Å². The first-order chi connectivity index (χ1) is 14.5. The zero-order chi connectivity index (χ0) is 21.5. The second-order valence-electron chi connectivity index (χ2n) is 6.15. The molecule has 1 fully saturated rings. The van der Waals surface area contributed by atoms with Crippen LogP contribution in [0.4, 0.5) is 22.1 Å². The summed E-state index contributed by atoms with van der Waals surface area (Å²) in [6, 6.07) is 3.14. The van der Waals surface area contributed by atoms with E-state index in [1.807, 2.05) is 0 Å². The van der Waals surface area contributed by atoms with Gasteiger partial charge in [-0.2, -0.15) is 0 Å². The van der Waals surface area contributed by atoms with Gasteiger partial charge in [0.15, 0.2) is 0 Å². The molecule has 2 amide bonds. The standard InChI is InChI=1S/C17H20N8O5/c1-2-30-17(27)24-8-6-23(7-9-24)15-13(25(28)29)14(19-11-20-15)21-22-16(26)12-4-3-5-18-10-12/h3-5,10-11H,2,6-9H2,1H3,(H,22,26)(H,19,20,21). The minimum atomic E-state index is -0.619. The molecule has 0 spiro atoms. The molecule has 0 aliphatic carbocycles. The van der Waals surface area contributed by atoms with E-state index in [2.05, 4.69) is 25.8 Å². The number of piperazine rings is 1. The number of nitrogens with zero attached hydrogens (tertiary/aromatic N) is 6. The van der Waals surface area contributed by atoms with Gasteiger partial charge in [-0.15, -0.1) is 0 Å². The van der Waals surface area contributed by atoms with Gasteiger partial charge in [0.05, 0.1) is 17.1 Å². The summed E-state index contributed by atoms with van der Waals surface area (Å²) in [5, 5.41) is 11.7. The van der Waals surface area contributed by atoms with Crippen LogP contribution in [0, 0.1) is 10.1 Å². The van der Waals surface area contributed by atoms with Gasteiger partial charge in [-0.05, 0) is 19.1 Å². The highest BCUT2D eigenvalue weighted by molar-refractivity contribution is 5.94. The van der Waals surface area contributed by atoms with Crippen LogP contribution in [0.15, 0.2) is 30.9 Å². The largest absolute Gasteiger partial charge is 0.450 e. The molecule has 30 heavy (non-hydrogen) atoms. The Balaban J connectivity index is 1.73. The van der Waals surface area contributed by atoms with Crippen LogP contribution in [-0.2, 0) is 4.74 Å². The van der Waals surface area contributed by atoms with Crippen molar-refractivity contribution in [3.05, 3.63) is 46.5 Å². The van der Waals surface area contributed by atoms with Crippen LogP contribution in [0.25, 0.3) is 0 Å². The van der Waals surface area contributed by atoms with Crippen molar-refractivity contribution in [2.24, 2.45) is 0 Å². The summed E-state index contributed by atoms with van der Waals surface area (Å²) >= 11 is 0. The fraction of sp³-hybridized carbons (Fsp3) is 0.353. The molecule has 13 heteroatoms. The molecule has 1 aliphatic heterocycles. The molecule has 158 valence electrons. The fourth-order valence-corrected chi connectivity index (χ4v) is 2.86. The summed E-state index contributed by atoms with van der Waals surface area (Å²) in [5.74, 6) is -0.590. The van der Waals surface area contributed by atoms with Gasteiger partial charge < -0.3 is 14.5 Å². The fourth-order valence-electron chi connectivity index (χ4n) is 2.86. The van der Waals surface area contributed by atoms with Gasteiger partial charge in [0, 0.05) is 38.6 Å². The van der Waals surface area contributed by atoms with Crippen LogP contribution in [0.1, 0.15) is 17.3 Å². The number of anilines is 2. The molecule has 0 saturated carbocycles. The number of hydrogen-bond acceptors (Lipinski definition) is 10. The van der Waals surface area contributed by atoms with E-state index in [9.17, 15) is 19.7 Å². The molecule has 0 aromatic carbocycles. The zero-order valence-electron chi connectivity index (χ0n) is 16.1. The van der Waals surface area contributed by atoms with E-state index in [0.29, 0.717) is 26.2 Å². The molecule has 1 saturated heterocycles. The highest BCUT2D eigenvalue weighted by Gasteiger charge is 2.30. The van der Waals surface area contributed by atoms with Crippen molar-refractivity contribution in [2.45, 2.75) is 6.92 Å². The van der Waals surface area contributed by atoms with Crippen LogP contribution in [-0.4, -0.2) is 69.6 Å². The van der Waals surface area contributed by atoms with Crippen molar-refractivity contribution >= 4 is 29.3 Å². The summed E-state index contributed by atoms with van der Waals surface area (Å²) < 4.78 is 4.97. The van der Waals surface area contributed by atoms with Crippen molar-refractivity contribution in [2.75, 3.05) is 43.1 Å². The molecule has 2 aromatic rings. The number of hydrogen-bond donors (Lipinski definition) is 2. The monoisotopic (exact) mass is 416 g/mol. The van der Waals surface area contributed by atoms with Gasteiger partial charge in [-0.3, -0.25) is 30.7 Å². The molecular formula is C17H20N8O5. The number of carbonyl (C=O) groups excluding carboxylic acids is 2. The maximum Gasteiger partial charge on any atom is 0.409 e. The quantitative estimate of drug-likeness (QED) is 0.510. The van der Waals surface area contributed by atoms with Crippen LogP contribution >= 0.6 is 0 Å². The molecule has 1 aliphatic rings. The molecule has 0 radical (unpaired) electrons. The minimum Gasteiger partial charge on any atom is -0.450 e. The Morgan fingerprint density at radius 2 is 2.03 bits per heavy atom. The number of nitrogens with one attached hydrogen (secondary N) is 2. The molecule has 3 rings (SSSR count).